The van der Waals surface area contributed by atoms with Crippen LogP contribution in [0.2, 0.25) is 0 Å². The highest BCUT2D eigenvalue weighted by atomic mass is 16.5. The molecule has 29 heavy (non-hydrogen) atoms. The third-order valence-electron chi connectivity index (χ3n) is 4.81. The maximum Gasteiger partial charge on any atom is 0.349 e. The molecule has 0 aromatic heterocycles. The van der Waals surface area contributed by atoms with Crippen LogP contribution in [0.4, 0.5) is 0 Å². The number of carbonyl (C=O) groups is 2. The number of rotatable bonds is 6. The van der Waals surface area contributed by atoms with Gasteiger partial charge in [0.25, 0.3) is 5.91 Å². The lowest BCUT2D eigenvalue weighted by molar-refractivity contribution is -0.144. The average Bonchev–Trinajstić information content (AvgIpc) is 2.76. The predicted molar refractivity (Wildman–Crippen MR) is 108 cm³/mol. The fraction of sp³-hybridized carbons (Fsp3) is 0.261. The van der Waals surface area contributed by atoms with Gasteiger partial charge in [0.1, 0.15) is 17.4 Å². The molecule has 3 rings (SSSR count). The van der Waals surface area contributed by atoms with Crippen LogP contribution < -0.4 is 10.1 Å². The molecule has 0 unspecified atom stereocenters. The first-order valence-electron chi connectivity index (χ1n) is 9.41. The van der Waals surface area contributed by atoms with Crippen LogP contribution in [-0.2, 0) is 20.7 Å². The molecule has 1 amide bonds. The number of fused-ring (bicyclic) bond motifs is 1. The highest BCUT2D eigenvalue weighted by Gasteiger charge is 2.22. The SMILES string of the molecule is COc1ccc(/C=C(\C#N)C(=O)OCC(=O)N[C@H]2CCCc3ccccc32)cc1. The summed E-state index contributed by atoms with van der Waals surface area (Å²) in [6.45, 7) is -0.431. The number of esters is 1. The van der Waals surface area contributed by atoms with Crippen LogP contribution >= 0.6 is 0 Å². The molecule has 0 spiro atoms. The normalized spacial score (nSPS) is 15.6. The molecule has 0 saturated carbocycles. The highest BCUT2D eigenvalue weighted by Crippen LogP contribution is 2.29. The van der Waals surface area contributed by atoms with Crippen molar-refractivity contribution in [2.24, 2.45) is 0 Å². The molecule has 0 saturated heterocycles. The molecule has 1 aliphatic carbocycles. The molecule has 0 heterocycles. The first-order valence-corrected chi connectivity index (χ1v) is 9.41. The lowest BCUT2D eigenvalue weighted by atomic mass is 9.88. The summed E-state index contributed by atoms with van der Waals surface area (Å²) in [6, 6.07) is 16.6. The minimum Gasteiger partial charge on any atom is -0.497 e. The monoisotopic (exact) mass is 390 g/mol. The minimum absolute atomic E-state index is 0.0866. The Balaban J connectivity index is 1.57. The first kappa shape index (κ1) is 20.2. The topological polar surface area (TPSA) is 88.4 Å². The van der Waals surface area contributed by atoms with E-state index in [2.05, 4.69) is 11.4 Å². The summed E-state index contributed by atoms with van der Waals surface area (Å²) >= 11 is 0. The summed E-state index contributed by atoms with van der Waals surface area (Å²) in [4.78, 5) is 24.4. The molecule has 2 aromatic carbocycles. The van der Waals surface area contributed by atoms with Crippen molar-refractivity contribution >= 4 is 18.0 Å². The quantitative estimate of drug-likeness (QED) is 0.464. The fourth-order valence-corrected chi connectivity index (χ4v) is 3.35. The van der Waals surface area contributed by atoms with Crippen molar-refractivity contribution in [3.05, 3.63) is 70.8 Å². The lowest BCUT2D eigenvalue weighted by Gasteiger charge is -2.26. The molecule has 6 nitrogen and oxygen atoms in total. The molecular formula is C23H22N2O4. The van der Waals surface area contributed by atoms with E-state index in [1.165, 1.54) is 11.6 Å². The smallest absolute Gasteiger partial charge is 0.349 e. The number of nitrogens with zero attached hydrogens (tertiary/aromatic N) is 1. The van der Waals surface area contributed by atoms with E-state index in [1.807, 2.05) is 24.3 Å². The van der Waals surface area contributed by atoms with Gasteiger partial charge in [-0.25, -0.2) is 4.79 Å². The molecular weight excluding hydrogens is 368 g/mol. The Labute approximate surface area is 169 Å². The summed E-state index contributed by atoms with van der Waals surface area (Å²) in [6.07, 6.45) is 4.25. The summed E-state index contributed by atoms with van der Waals surface area (Å²) < 4.78 is 10.1. The van der Waals surface area contributed by atoms with Crippen molar-refractivity contribution < 1.29 is 19.1 Å². The number of carbonyl (C=O) groups excluding carboxylic acids is 2. The van der Waals surface area contributed by atoms with E-state index < -0.39 is 12.6 Å². The van der Waals surface area contributed by atoms with Gasteiger partial charge in [0, 0.05) is 0 Å². The fourth-order valence-electron chi connectivity index (χ4n) is 3.35. The number of ether oxygens (including phenoxy) is 2. The third kappa shape index (κ3) is 5.23. The van der Waals surface area contributed by atoms with Gasteiger partial charge in [0.2, 0.25) is 0 Å². The van der Waals surface area contributed by atoms with E-state index in [4.69, 9.17) is 9.47 Å². The van der Waals surface area contributed by atoms with Crippen LogP contribution in [0.5, 0.6) is 5.75 Å². The molecule has 1 atom stereocenters. The molecule has 0 fully saturated rings. The molecule has 6 heteroatoms. The van der Waals surface area contributed by atoms with Gasteiger partial charge in [-0.15, -0.1) is 0 Å². The maximum atomic E-state index is 12.3. The van der Waals surface area contributed by atoms with E-state index in [9.17, 15) is 14.9 Å². The van der Waals surface area contributed by atoms with Gasteiger partial charge in [-0.3, -0.25) is 4.79 Å². The zero-order valence-corrected chi connectivity index (χ0v) is 16.2. The molecule has 2 aromatic rings. The molecule has 1 aliphatic rings. The molecule has 0 bridgehead atoms. The van der Waals surface area contributed by atoms with Crippen molar-refractivity contribution in [2.75, 3.05) is 13.7 Å². The Morgan fingerprint density at radius 2 is 1.97 bits per heavy atom. The number of amides is 1. The first-order chi connectivity index (χ1) is 14.1. The van der Waals surface area contributed by atoms with Gasteiger partial charge in [0.15, 0.2) is 6.61 Å². The standard InChI is InChI=1S/C23H22N2O4/c1-28-19-11-9-16(10-12-19)13-18(14-24)23(27)29-15-22(26)25-21-8-4-6-17-5-2-3-7-20(17)21/h2-3,5,7,9-13,21H,4,6,8,15H2,1H3,(H,25,26)/b18-13+/t21-/m0/s1. The van der Waals surface area contributed by atoms with Crippen LogP contribution in [0.15, 0.2) is 54.1 Å². The number of hydrogen-bond acceptors (Lipinski definition) is 5. The summed E-state index contributed by atoms with van der Waals surface area (Å²) in [7, 11) is 1.56. The van der Waals surface area contributed by atoms with Gasteiger partial charge < -0.3 is 14.8 Å². The number of methoxy groups -OCH3 is 1. The van der Waals surface area contributed by atoms with Crippen LogP contribution in [-0.4, -0.2) is 25.6 Å². The van der Waals surface area contributed by atoms with E-state index in [0.717, 1.165) is 24.8 Å². The molecule has 148 valence electrons. The number of aryl methyl sites for hydroxylation is 1. The Hall–Kier alpha value is -3.59. The Kier molecular flexibility index (Phi) is 6.64. The number of benzene rings is 2. The maximum absolute atomic E-state index is 12.3. The zero-order chi connectivity index (χ0) is 20.6. The number of nitriles is 1. The molecule has 0 aliphatic heterocycles. The van der Waals surface area contributed by atoms with E-state index >= 15 is 0 Å². The van der Waals surface area contributed by atoms with Gasteiger partial charge in [0.05, 0.1) is 13.2 Å². The van der Waals surface area contributed by atoms with Crippen LogP contribution in [0.3, 0.4) is 0 Å². The second-order valence-electron chi connectivity index (χ2n) is 6.73. The lowest BCUT2D eigenvalue weighted by Crippen LogP contribution is -2.34. The van der Waals surface area contributed by atoms with E-state index in [0.29, 0.717) is 11.3 Å². The predicted octanol–water partition coefficient (Wildman–Crippen LogP) is 3.34. The van der Waals surface area contributed by atoms with Crippen LogP contribution in [0.25, 0.3) is 6.08 Å². The van der Waals surface area contributed by atoms with Gasteiger partial charge in [-0.1, -0.05) is 36.4 Å². The summed E-state index contributed by atoms with van der Waals surface area (Å²) in [5, 5.41) is 12.2. The summed E-state index contributed by atoms with van der Waals surface area (Å²) in [5.41, 5.74) is 2.82. The average molecular weight is 390 g/mol. The van der Waals surface area contributed by atoms with Crippen molar-refractivity contribution in [3.8, 4) is 11.8 Å². The second kappa shape index (κ2) is 9.56. The van der Waals surface area contributed by atoms with Crippen LogP contribution in [0, 0.1) is 11.3 Å². The van der Waals surface area contributed by atoms with Crippen molar-refractivity contribution in [3.63, 3.8) is 0 Å². The molecule has 1 N–H and O–H groups in total. The largest absolute Gasteiger partial charge is 0.497 e. The van der Waals surface area contributed by atoms with Crippen LogP contribution in [0.1, 0.15) is 35.6 Å². The Morgan fingerprint density at radius 3 is 2.69 bits per heavy atom. The number of hydrogen-bond donors (Lipinski definition) is 1. The number of nitrogens with one attached hydrogen (secondary N) is 1. The summed E-state index contributed by atoms with van der Waals surface area (Å²) in [5.74, 6) is -0.548. The van der Waals surface area contributed by atoms with Crippen molar-refractivity contribution in [1.82, 2.24) is 5.32 Å². The zero-order valence-electron chi connectivity index (χ0n) is 16.2. The van der Waals surface area contributed by atoms with Crippen molar-refractivity contribution in [2.45, 2.75) is 25.3 Å². The minimum atomic E-state index is -0.831. The Bertz CT molecular complexity index is 958. The van der Waals surface area contributed by atoms with E-state index in [-0.39, 0.29) is 17.5 Å². The Morgan fingerprint density at radius 1 is 1.21 bits per heavy atom. The highest BCUT2D eigenvalue weighted by molar-refractivity contribution is 5.98. The van der Waals surface area contributed by atoms with Gasteiger partial charge in [-0.2, -0.15) is 5.26 Å². The van der Waals surface area contributed by atoms with Gasteiger partial charge >= 0.3 is 5.97 Å². The third-order valence-corrected chi connectivity index (χ3v) is 4.81. The van der Waals surface area contributed by atoms with Gasteiger partial charge in [-0.05, 0) is 54.2 Å². The molecule has 0 radical (unpaired) electrons. The van der Waals surface area contributed by atoms with Crippen molar-refractivity contribution in [1.29, 1.82) is 5.26 Å². The van der Waals surface area contributed by atoms with E-state index in [1.54, 1.807) is 31.4 Å². The second-order valence-corrected chi connectivity index (χ2v) is 6.73.